The maximum Gasteiger partial charge on any atom is 0.450 e. The zero-order valence-corrected chi connectivity index (χ0v) is 21.1. The van der Waals surface area contributed by atoms with E-state index in [1.54, 1.807) is 36.4 Å². The number of carbonyl (C=O) groups excluding carboxylic acids is 3. The van der Waals surface area contributed by atoms with E-state index in [1.165, 1.54) is 32.1 Å². The fraction of sp³-hybridized carbons (Fsp3) is 0.320. The molecule has 2 rings (SSSR count). The third kappa shape index (κ3) is 8.98. The van der Waals surface area contributed by atoms with Crippen LogP contribution in [-0.2, 0) is 20.8 Å². The van der Waals surface area contributed by atoms with Crippen molar-refractivity contribution in [3.8, 4) is 0 Å². The molecule has 0 saturated carbocycles. The van der Waals surface area contributed by atoms with E-state index in [2.05, 4.69) is 5.32 Å². The van der Waals surface area contributed by atoms with E-state index < -0.39 is 47.9 Å². The number of alkyl halides is 3. The molecule has 0 fully saturated rings. The Hall–Kier alpha value is -2.35. The topological polar surface area (TPSA) is 63.2 Å². The Labute approximate surface area is 216 Å². The van der Waals surface area contributed by atoms with Gasteiger partial charge < -0.3 is 5.32 Å². The number of hydrogen-bond donors (Lipinski definition) is 1. The normalized spacial score (nSPS) is 13.6. The van der Waals surface area contributed by atoms with E-state index in [0.29, 0.717) is 21.2 Å². The molecular formula is C25H23Cl3F3NO3. The summed E-state index contributed by atoms with van der Waals surface area (Å²) in [4.78, 5) is 37.5. The largest absolute Gasteiger partial charge is 0.450 e. The van der Waals surface area contributed by atoms with Gasteiger partial charge in [0.15, 0.2) is 5.78 Å². The molecule has 0 radical (unpaired) electrons. The number of Topliss-reactive ketones (excluding diaryl/α,β-unsaturated/α-hetero) is 2. The molecule has 10 heteroatoms. The molecule has 0 bridgehead atoms. The highest BCUT2D eigenvalue weighted by Crippen LogP contribution is 2.28. The Morgan fingerprint density at radius 3 is 2.26 bits per heavy atom. The molecule has 0 saturated heterocycles. The van der Waals surface area contributed by atoms with Gasteiger partial charge in [0, 0.05) is 23.4 Å². The van der Waals surface area contributed by atoms with Gasteiger partial charge >= 0.3 is 6.18 Å². The molecule has 0 aliphatic rings. The lowest BCUT2D eigenvalue weighted by Gasteiger charge is -2.23. The first-order valence-electron chi connectivity index (χ1n) is 10.6. The van der Waals surface area contributed by atoms with Crippen molar-refractivity contribution in [1.29, 1.82) is 0 Å². The summed E-state index contributed by atoms with van der Waals surface area (Å²) in [5.41, 5.74) is 1.16. The second-order valence-corrected chi connectivity index (χ2v) is 9.54. The number of hydrogen-bond acceptors (Lipinski definition) is 3. The van der Waals surface area contributed by atoms with E-state index in [-0.39, 0.29) is 11.4 Å². The number of ketones is 2. The van der Waals surface area contributed by atoms with Crippen LogP contribution in [0.3, 0.4) is 0 Å². The van der Waals surface area contributed by atoms with Crippen LogP contribution >= 0.6 is 34.8 Å². The van der Waals surface area contributed by atoms with E-state index in [1.807, 2.05) is 0 Å². The van der Waals surface area contributed by atoms with Gasteiger partial charge in [0.2, 0.25) is 11.7 Å². The van der Waals surface area contributed by atoms with E-state index in [9.17, 15) is 27.6 Å². The fourth-order valence-electron chi connectivity index (χ4n) is 3.35. The van der Waals surface area contributed by atoms with Crippen molar-refractivity contribution < 1.29 is 27.6 Å². The van der Waals surface area contributed by atoms with Gasteiger partial charge in [0.25, 0.3) is 0 Å². The zero-order valence-electron chi connectivity index (χ0n) is 18.8. The molecule has 0 aliphatic carbocycles. The lowest BCUT2D eigenvalue weighted by Crippen LogP contribution is -2.44. The lowest BCUT2D eigenvalue weighted by atomic mass is 9.84. The summed E-state index contributed by atoms with van der Waals surface area (Å²) in [7, 11) is 0. The predicted molar refractivity (Wildman–Crippen MR) is 132 cm³/mol. The molecule has 1 amide bonds. The van der Waals surface area contributed by atoms with Crippen molar-refractivity contribution in [3.05, 3.63) is 74.7 Å². The van der Waals surface area contributed by atoms with Gasteiger partial charge in [-0.3, -0.25) is 14.4 Å². The van der Waals surface area contributed by atoms with Crippen LogP contribution < -0.4 is 5.32 Å². The van der Waals surface area contributed by atoms with Crippen molar-refractivity contribution in [2.24, 2.45) is 11.8 Å². The number of rotatable bonds is 10. The quantitative estimate of drug-likeness (QED) is 0.334. The average Bonchev–Trinajstić information content (AvgIpc) is 2.76. The number of nitrogens with one attached hydrogen (secondary N) is 1. The molecule has 0 aliphatic heterocycles. The Morgan fingerprint density at radius 2 is 1.69 bits per heavy atom. The van der Waals surface area contributed by atoms with Crippen molar-refractivity contribution in [1.82, 2.24) is 5.32 Å². The SMILES string of the molecule is CC(C)[C@H](CC(=O)[C@H](Cc1cccc(Cl)c1)NC(=O)/C=C/c1ccc(Cl)c(Cl)c1)C(=O)C(F)(F)F. The minimum Gasteiger partial charge on any atom is -0.342 e. The summed E-state index contributed by atoms with van der Waals surface area (Å²) >= 11 is 17.8. The molecule has 188 valence electrons. The fourth-order valence-corrected chi connectivity index (χ4v) is 3.87. The second-order valence-electron chi connectivity index (χ2n) is 8.29. The lowest BCUT2D eigenvalue weighted by molar-refractivity contribution is -0.177. The van der Waals surface area contributed by atoms with Gasteiger partial charge in [-0.25, -0.2) is 0 Å². The van der Waals surface area contributed by atoms with Gasteiger partial charge in [0.1, 0.15) is 0 Å². The first-order valence-corrected chi connectivity index (χ1v) is 11.7. The minimum absolute atomic E-state index is 0.0171. The minimum atomic E-state index is -5.07. The zero-order chi connectivity index (χ0) is 26.3. The second kappa shape index (κ2) is 12.6. The molecule has 2 aromatic carbocycles. The molecule has 2 aromatic rings. The first kappa shape index (κ1) is 28.9. The summed E-state index contributed by atoms with van der Waals surface area (Å²) in [6.07, 6.45) is -3.14. The molecule has 4 nitrogen and oxygen atoms in total. The highest BCUT2D eigenvalue weighted by Gasteiger charge is 2.45. The van der Waals surface area contributed by atoms with Crippen LogP contribution in [0.1, 0.15) is 31.4 Å². The van der Waals surface area contributed by atoms with Crippen LogP contribution in [0, 0.1) is 11.8 Å². The van der Waals surface area contributed by atoms with Gasteiger partial charge in [-0.15, -0.1) is 0 Å². The predicted octanol–water partition coefficient (Wildman–Crippen LogP) is 6.75. The van der Waals surface area contributed by atoms with Crippen molar-refractivity contribution in [2.75, 3.05) is 0 Å². The Morgan fingerprint density at radius 1 is 1.00 bits per heavy atom. The summed E-state index contributed by atoms with van der Waals surface area (Å²) in [5, 5.41) is 3.56. The summed E-state index contributed by atoms with van der Waals surface area (Å²) < 4.78 is 39.2. The maximum atomic E-state index is 13.1. The van der Waals surface area contributed by atoms with Crippen LogP contribution in [0.25, 0.3) is 6.08 Å². The highest BCUT2D eigenvalue weighted by molar-refractivity contribution is 6.42. The molecular weight excluding hydrogens is 526 g/mol. The van der Waals surface area contributed by atoms with Crippen molar-refractivity contribution in [2.45, 2.75) is 38.9 Å². The summed E-state index contributed by atoms with van der Waals surface area (Å²) in [6, 6.07) is 10.1. The smallest absolute Gasteiger partial charge is 0.342 e. The Balaban J connectivity index is 2.25. The van der Waals surface area contributed by atoms with Gasteiger partial charge in [-0.05, 0) is 53.8 Å². The molecule has 0 aromatic heterocycles. The van der Waals surface area contributed by atoms with Crippen LogP contribution in [0.2, 0.25) is 15.1 Å². The van der Waals surface area contributed by atoms with Crippen LogP contribution in [-0.4, -0.2) is 29.7 Å². The van der Waals surface area contributed by atoms with Gasteiger partial charge in [-0.2, -0.15) is 13.2 Å². The van der Waals surface area contributed by atoms with Crippen LogP contribution in [0.15, 0.2) is 48.5 Å². The van der Waals surface area contributed by atoms with Crippen molar-refractivity contribution in [3.63, 3.8) is 0 Å². The molecule has 0 unspecified atom stereocenters. The maximum absolute atomic E-state index is 13.1. The molecule has 35 heavy (non-hydrogen) atoms. The first-order chi connectivity index (χ1) is 16.3. The van der Waals surface area contributed by atoms with E-state index in [4.69, 9.17) is 34.8 Å². The average molecular weight is 549 g/mol. The summed E-state index contributed by atoms with van der Waals surface area (Å²) in [6.45, 7) is 2.87. The number of amides is 1. The monoisotopic (exact) mass is 547 g/mol. The molecule has 2 atom stereocenters. The van der Waals surface area contributed by atoms with Crippen LogP contribution in [0.4, 0.5) is 13.2 Å². The van der Waals surface area contributed by atoms with Gasteiger partial charge in [-0.1, -0.05) is 66.8 Å². The van der Waals surface area contributed by atoms with Crippen LogP contribution in [0.5, 0.6) is 0 Å². The standard InChI is InChI=1S/C25H23Cl3F3NO3/c1-14(2)18(24(35)25(29,30)31)13-22(33)21(12-16-4-3-5-17(26)10-16)32-23(34)9-7-15-6-8-19(27)20(28)11-15/h3-11,14,18,21H,12-13H2,1-2H3,(H,32,34)/b9-7+/t18-,21-/m0/s1. The Bertz CT molecular complexity index is 1120. The van der Waals surface area contributed by atoms with Gasteiger partial charge in [0.05, 0.1) is 16.1 Å². The third-order valence-electron chi connectivity index (χ3n) is 5.25. The van der Waals surface area contributed by atoms with E-state index >= 15 is 0 Å². The summed E-state index contributed by atoms with van der Waals surface area (Å²) in [5.74, 6) is -5.61. The Kier molecular flexibility index (Phi) is 10.4. The number of benzene rings is 2. The highest BCUT2D eigenvalue weighted by atomic mass is 35.5. The van der Waals surface area contributed by atoms with Crippen molar-refractivity contribution >= 4 is 58.4 Å². The molecule has 0 heterocycles. The molecule has 1 N–H and O–H groups in total. The van der Waals surface area contributed by atoms with E-state index in [0.717, 1.165) is 0 Å². The number of carbonyl (C=O) groups is 3. The number of halogens is 6. The molecule has 0 spiro atoms. The third-order valence-corrected chi connectivity index (χ3v) is 6.22.